The van der Waals surface area contributed by atoms with Crippen LogP contribution in [0.5, 0.6) is 0 Å². The summed E-state index contributed by atoms with van der Waals surface area (Å²) < 4.78 is 52.0. The number of nitrogens with zero attached hydrogens (tertiary/aromatic N) is 10. The first-order valence-corrected chi connectivity index (χ1v) is 24.5. The molecule has 0 spiro atoms. The van der Waals surface area contributed by atoms with Gasteiger partial charge in [-0.1, -0.05) is 57.0 Å². The Bertz CT molecular complexity index is 2280. The van der Waals surface area contributed by atoms with Gasteiger partial charge in [-0.25, -0.2) is 5.26 Å². The molecule has 2 aromatic heterocycles. The molecule has 2 saturated heterocycles. The normalized spacial score (nSPS) is 14.7. The molecule has 0 atom stereocenters. The van der Waals surface area contributed by atoms with Crippen LogP contribution in [-0.4, -0.2) is 163 Å². The van der Waals surface area contributed by atoms with Gasteiger partial charge in [0.25, 0.3) is 10.1 Å². The van der Waals surface area contributed by atoms with Crippen molar-refractivity contribution >= 4 is 81.4 Å². The fraction of sp³-hybridized carbons (Fsp3) is 0.524. The summed E-state index contributed by atoms with van der Waals surface area (Å²) >= 11 is 0.721. The van der Waals surface area contributed by atoms with Crippen LogP contribution in [-0.2, 0) is 29.0 Å². The zero-order valence-corrected chi connectivity index (χ0v) is 39.6. The van der Waals surface area contributed by atoms with E-state index in [1.165, 1.54) is 12.1 Å². The molecule has 0 aliphatic carbocycles. The van der Waals surface area contributed by atoms with Gasteiger partial charge in [-0.3, -0.25) is 4.55 Å². The average molecular weight is 955 g/mol. The van der Waals surface area contributed by atoms with Crippen LogP contribution in [0.1, 0.15) is 51.7 Å². The maximum atomic E-state index is 12.8. The molecule has 4 heterocycles. The predicted molar refractivity (Wildman–Crippen MR) is 256 cm³/mol. The number of hydrogen-bond acceptors (Lipinski definition) is 22. The lowest BCUT2D eigenvalue weighted by molar-refractivity contribution is -0.432. The molecule has 0 saturated carbocycles. The molecule has 2 fully saturated rings. The van der Waals surface area contributed by atoms with Crippen LogP contribution >= 0.6 is 12.0 Å². The molecule has 66 heavy (non-hydrogen) atoms. The monoisotopic (exact) mass is 954 g/mol. The first-order valence-electron chi connectivity index (χ1n) is 22.3. The van der Waals surface area contributed by atoms with E-state index in [9.17, 15) is 13.0 Å². The van der Waals surface area contributed by atoms with Crippen LogP contribution in [0.4, 0.5) is 47.1 Å². The third-order valence-electron chi connectivity index (χ3n) is 10.9. The zero-order chi connectivity index (χ0) is 46.7. The zero-order valence-electron chi connectivity index (χ0n) is 38.0. The number of ether oxygens (including phenoxy) is 2. The second-order valence-corrected chi connectivity index (χ2v) is 17.3. The highest BCUT2D eigenvalue weighted by Crippen LogP contribution is 2.32. The number of aromatic nitrogens is 6. The number of anilines is 8. The van der Waals surface area contributed by atoms with Crippen molar-refractivity contribution in [2.24, 2.45) is 0 Å². The van der Waals surface area contributed by atoms with Crippen molar-refractivity contribution in [3.63, 3.8) is 0 Å². The molecule has 2 aromatic carbocycles. The Hall–Kier alpha value is -5.02. The van der Waals surface area contributed by atoms with Gasteiger partial charge in [0.1, 0.15) is 4.90 Å². The van der Waals surface area contributed by atoms with Gasteiger partial charge in [-0.05, 0) is 87.5 Å². The Morgan fingerprint density at radius 2 is 1.14 bits per heavy atom. The van der Waals surface area contributed by atoms with Crippen molar-refractivity contribution in [1.29, 1.82) is 0 Å². The topological polar surface area (TPSA) is 250 Å². The molecule has 2 aliphatic heterocycles. The summed E-state index contributed by atoms with van der Waals surface area (Å²) in [5, 5.41) is 26.0. The van der Waals surface area contributed by atoms with Gasteiger partial charge < -0.3 is 50.3 Å². The standard InChI is InChI=1S/C42H62N14O8S2/c1-5-53(6-2)19-9-17-43-37-47-39(51-41(49-37)55-21-25-61-26-22-55)45-33-15-13-31(35(29-33)65-64-63-57)11-12-32-14-16-34(30-36(32)66(58,59)60)46-40-48-38(44-18-10-20-54(7-3)8-4)50-42(52-40)56-23-27-62-28-24-56/h11-16,29-30,57H,5-10,17-28H2,1-4H3,(H,58,59,60)(H2,43,45,47,49,51)(H2,44,46,48,50,52)/b12-11+. The molecule has 22 nitrogen and oxygen atoms in total. The first kappa shape index (κ1) is 50.4. The number of hydrogen-bond donors (Lipinski definition) is 6. The summed E-state index contributed by atoms with van der Waals surface area (Å²) in [6, 6.07) is 9.78. The summed E-state index contributed by atoms with van der Waals surface area (Å²) in [5.41, 5.74) is 1.65. The highest BCUT2D eigenvalue weighted by atomic mass is 32.2. The maximum Gasteiger partial charge on any atom is 0.295 e. The summed E-state index contributed by atoms with van der Waals surface area (Å²) in [5.74, 6) is 2.26. The van der Waals surface area contributed by atoms with E-state index in [1.807, 2.05) is 9.80 Å². The van der Waals surface area contributed by atoms with Gasteiger partial charge >= 0.3 is 0 Å². The smallest absolute Gasteiger partial charge is 0.295 e. The summed E-state index contributed by atoms with van der Waals surface area (Å²) in [6.07, 6.45) is 4.97. The van der Waals surface area contributed by atoms with Gasteiger partial charge in [-0.15, -0.1) is 4.33 Å². The third-order valence-corrected chi connectivity index (χ3v) is 12.5. The van der Waals surface area contributed by atoms with E-state index in [0.717, 1.165) is 64.2 Å². The Kier molecular flexibility index (Phi) is 19.7. The van der Waals surface area contributed by atoms with Gasteiger partial charge in [0, 0.05) is 55.5 Å². The van der Waals surface area contributed by atoms with E-state index in [1.54, 1.807) is 36.4 Å². The van der Waals surface area contributed by atoms with Gasteiger partial charge in [0.15, 0.2) is 0 Å². The average Bonchev–Trinajstić information content (AvgIpc) is 3.33. The lowest BCUT2D eigenvalue weighted by Crippen LogP contribution is -2.37. The van der Waals surface area contributed by atoms with Crippen molar-refractivity contribution in [2.45, 2.75) is 50.3 Å². The molecular formula is C42H62N14O8S2. The molecule has 24 heteroatoms. The van der Waals surface area contributed by atoms with Crippen LogP contribution in [0.15, 0.2) is 46.2 Å². The maximum absolute atomic E-state index is 12.8. The minimum atomic E-state index is -4.72. The first-order chi connectivity index (χ1) is 32.1. The minimum absolute atomic E-state index is 0.191. The Labute approximate surface area is 390 Å². The summed E-state index contributed by atoms with van der Waals surface area (Å²) in [4.78, 5) is 36.8. The second-order valence-electron chi connectivity index (χ2n) is 15.2. The number of morpholine rings is 2. The summed E-state index contributed by atoms with van der Waals surface area (Å²) in [6.45, 7) is 20.3. The van der Waals surface area contributed by atoms with E-state index in [-0.39, 0.29) is 16.4 Å². The second kappa shape index (κ2) is 25.8. The van der Waals surface area contributed by atoms with E-state index < -0.39 is 10.1 Å². The van der Waals surface area contributed by atoms with E-state index in [4.69, 9.17) is 29.0 Å². The van der Waals surface area contributed by atoms with Gasteiger partial charge in [-0.2, -0.15) is 38.3 Å². The molecule has 360 valence electrons. The molecule has 6 N–H and O–H groups in total. The lowest BCUT2D eigenvalue weighted by Gasteiger charge is -2.27. The fourth-order valence-electron chi connectivity index (χ4n) is 7.18. The SMILES string of the molecule is CCN(CC)CCCNc1nc(Nc2ccc(/C=C/c3ccc(Nc4nc(NCCCN(CC)CC)nc(N5CCOCC5)n4)cc3S(=O)(=O)O)c(SOOO)c2)nc(N2CCOCC2)n1. The Morgan fingerprint density at radius 3 is 1.61 bits per heavy atom. The molecular weight excluding hydrogens is 893 g/mol. The Morgan fingerprint density at radius 1 is 0.682 bits per heavy atom. The molecule has 0 radical (unpaired) electrons. The van der Waals surface area contributed by atoms with Crippen LogP contribution in [0.2, 0.25) is 0 Å². The molecule has 4 aromatic rings. The van der Waals surface area contributed by atoms with Crippen LogP contribution in [0.25, 0.3) is 12.2 Å². The van der Waals surface area contributed by atoms with Crippen molar-refractivity contribution in [2.75, 3.05) is 136 Å². The largest absolute Gasteiger partial charge is 0.378 e. The van der Waals surface area contributed by atoms with Crippen molar-refractivity contribution < 1.29 is 37.1 Å². The van der Waals surface area contributed by atoms with Gasteiger partial charge in [0.2, 0.25) is 35.7 Å². The van der Waals surface area contributed by atoms with Crippen molar-refractivity contribution in [1.82, 2.24) is 39.7 Å². The quantitative estimate of drug-likeness (QED) is 0.0116. The Balaban J connectivity index is 1.21. The highest BCUT2D eigenvalue weighted by molar-refractivity contribution is 7.94. The molecule has 0 amide bonds. The van der Waals surface area contributed by atoms with Crippen molar-refractivity contribution in [3.8, 4) is 0 Å². The molecule has 0 bridgehead atoms. The van der Waals surface area contributed by atoms with Crippen molar-refractivity contribution in [3.05, 3.63) is 47.5 Å². The molecule has 0 unspecified atom stereocenters. The molecule has 6 rings (SSSR count). The number of rotatable bonds is 26. The van der Waals surface area contributed by atoms with E-state index in [2.05, 4.69) is 83.7 Å². The number of benzene rings is 2. The van der Waals surface area contributed by atoms with Crippen LogP contribution in [0.3, 0.4) is 0 Å². The van der Waals surface area contributed by atoms with E-state index in [0.29, 0.717) is 117 Å². The van der Waals surface area contributed by atoms with Crippen LogP contribution in [0, 0.1) is 0 Å². The highest BCUT2D eigenvalue weighted by Gasteiger charge is 2.21. The van der Waals surface area contributed by atoms with Crippen LogP contribution < -0.4 is 31.1 Å². The van der Waals surface area contributed by atoms with E-state index >= 15 is 0 Å². The minimum Gasteiger partial charge on any atom is -0.378 e. The predicted octanol–water partition coefficient (Wildman–Crippen LogP) is 5.35. The summed E-state index contributed by atoms with van der Waals surface area (Å²) in [7, 11) is -4.72. The third kappa shape index (κ3) is 15.3. The van der Waals surface area contributed by atoms with Gasteiger partial charge in [0.05, 0.1) is 38.5 Å². The lowest BCUT2D eigenvalue weighted by atomic mass is 10.1. The molecule has 2 aliphatic rings. The number of nitrogens with one attached hydrogen (secondary N) is 4. The fourth-order valence-corrected chi connectivity index (χ4v) is 8.40.